The fraction of sp³-hybridized carbons (Fsp3) is 0.462. The molecule has 0 heterocycles. The van der Waals surface area contributed by atoms with Crippen molar-refractivity contribution < 1.29 is 29.3 Å². The summed E-state index contributed by atoms with van der Waals surface area (Å²) < 4.78 is 10.6. The van der Waals surface area contributed by atoms with Crippen molar-refractivity contribution in [2.24, 2.45) is 0 Å². The Morgan fingerprint density at radius 3 is 1.41 bits per heavy atom. The molecule has 2 rings (SSSR count). The molecule has 0 saturated carbocycles. The van der Waals surface area contributed by atoms with Gasteiger partial charge in [0.2, 0.25) is 0 Å². The van der Waals surface area contributed by atoms with Crippen LogP contribution in [0, 0.1) is 0 Å². The molecule has 0 spiro atoms. The molecule has 0 aliphatic rings. The van der Waals surface area contributed by atoms with Gasteiger partial charge in [0.05, 0.1) is 14.2 Å². The minimum atomic E-state index is -0.952. The standard InChI is InChI=1S/C26H36N2O6/c1-5-13-27(23(25(29)30)19-9-7-11-21(17-19)33-3)15-16-28(14-6-2)24(26(31)32)20-10-8-12-22(18-20)34-4/h7-12,17-18,23-24H,5-6,13-16H2,1-4H3,(H,29,30)(H,31,32). The molecule has 8 heteroatoms. The van der Waals surface area contributed by atoms with E-state index in [4.69, 9.17) is 9.47 Å². The van der Waals surface area contributed by atoms with Crippen molar-refractivity contribution in [1.82, 2.24) is 9.80 Å². The van der Waals surface area contributed by atoms with E-state index >= 15 is 0 Å². The molecule has 0 radical (unpaired) electrons. The third kappa shape index (κ3) is 7.20. The van der Waals surface area contributed by atoms with Gasteiger partial charge in [0, 0.05) is 13.1 Å². The summed E-state index contributed by atoms with van der Waals surface area (Å²) in [6, 6.07) is 12.4. The number of nitrogens with zero attached hydrogens (tertiary/aromatic N) is 2. The number of hydrogen-bond acceptors (Lipinski definition) is 6. The van der Waals surface area contributed by atoms with Crippen molar-refractivity contribution in [3.63, 3.8) is 0 Å². The molecule has 2 unspecified atom stereocenters. The molecule has 0 bridgehead atoms. The predicted octanol–water partition coefficient (Wildman–Crippen LogP) is 4.08. The second-order valence-electron chi connectivity index (χ2n) is 8.11. The first-order valence-electron chi connectivity index (χ1n) is 11.6. The fourth-order valence-electron chi connectivity index (χ4n) is 4.21. The number of methoxy groups -OCH3 is 2. The normalized spacial score (nSPS) is 13.0. The van der Waals surface area contributed by atoms with Crippen LogP contribution in [0.15, 0.2) is 48.5 Å². The van der Waals surface area contributed by atoms with Gasteiger partial charge in [-0.1, -0.05) is 38.1 Å². The quantitative estimate of drug-likeness (QED) is 0.400. The van der Waals surface area contributed by atoms with Crippen molar-refractivity contribution in [3.05, 3.63) is 59.7 Å². The van der Waals surface area contributed by atoms with E-state index in [0.29, 0.717) is 48.8 Å². The van der Waals surface area contributed by atoms with E-state index in [1.165, 1.54) is 0 Å². The van der Waals surface area contributed by atoms with Gasteiger partial charge in [-0.15, -0.1) is 0 Å². The van der Waals surface area contributed by atoms with Gasteiger partial charge in [-0.05, 0) is 61.3 Å². The van der Waals surface area contributed by atoms with Crippen LogP contribution in [-0.2, 0) is 9.59 Å². The summed E-state index contributed by atoms with van der Waals surface area (Å²) in [7, 11) is 3.10. The van der Waals surface area contributed by atoms with Crippen LogP contribution >= 0.6 is 0 Å². The number of aliphatic carboxylic acids is 2. The zero-order valence-corrected chi connectivity index (χ0v) is 20.4. The Hall–Kier alpha value is -3.10. The Morgan fingerprint density at radius 2 is 1.12 bits per heavy atom. The lowest BCUT2D eigenvalue weighted by Gasteiger charge is -2.34. The smallest absolute Gasteiger partial charge is 0.325 e. The maximum absolute atomic E-state index is 12.3. The van der Waals surface area contributed by atoms with Crippen molar-refractivity contribution in [3.8, 4) is 11.5 Å². The predicted molar refractivity (Wildman–Crippen MR) is 130 cm³/mol. The van der Waals surface area contributed by atoms with Crippen LogP contribution in [-0.4, -0.2) is 72.4 Å². The summed E-state index contributed by atoms with van der Waals surface area (Å²) in [4.78, 5) is 28.4. The van der Waals surface area contributed by atoms with Crippen molar-refractivity contribution in [2.45, 2.75) is 38.8 Å². The van der Waals surface area contributed by atoms with Crippen molar-refractivity contribution in [2.75, 3.05) is 40.4 Å². The van der Waals surface area contributed by atoms with E-state index in [0.717, 1.165) is 12.8 Å². The molecule has 0 fully saturated rings. The molecule has 34 heavy (non-hydrogen) atoms. The minimum absolute atomic E-state index is 0.399. The summed E-state index contributed by atoms with van der Waals surface area (Å²) in [5, 5.41) is 20.2. The monoisotopic (exact) mass is 472 g/mol. The van der Waals surface area contributed by atoms with Crippen LogP contribution < -0.4 is 9.47 Å². The van der Waals surface area contributed by atoms with E-state index in [1.54, 1.807) is 62.8 Å². The summed E-state index contributed by atoms with van der Waals surface area (Å²) in [5.74, 6) is -0.716. The SMILES string of the molecule is CCCN(CCN(CCC)C(C(=O)O)c1cccc(OC)c1)C(C(=O)O)c1cccc(OC)c1. The van der Waals surface area contributed by atoms with Crippen molar-refractivity contribution >= 4 is 11.9 Å². The third-order valence-electron chi connectivity index (χ3n) is 5.71. The fourth-order valence-corrected chi connectivity index (χ4v) is 4.21. The number of hydrogen-bond donors (Lipinski definition) is 2. The molecule has 0 aromatic heterocycles. The lowest BCUT2D eigenvalue weighted by atomic mass is 10.0. The Labute approximate surface area is 201 Å². The highest BCUT2D eigenvalue weighted by molar-refractivity contribution is 5.76. The first-order chi connectivity index (χ1) is 16.4. The molecule has 0 aliphatic carbocycles. The average molecular weight is 473 g/mol. The highest BCUT2D eigenvalue weighted by Gasteiger charge is 2.31. The molecular formula is C26H36N2O6. The summed E-state index contributed by atoms with van der Waals surface area (Å²) in [5.41, 5.74) is 1.26. The summed E-state index contributed by atoms with van der Waals surface area (Å²) >= 11 is 0. The highest BCUT2D eigenvalue weighted by Crippen LogP contribution is 2.28. The summed E-state index contributed by atoms with van der Waals surface area (Å²) in [6.45, 7) is 5.91. The van der Waals surface area contributed by atoms with E-state index in [1.807, 2.05) is 23.6 Å². The molecule has 0 aliphatic heterocycles. The molecule has 8 nitrogen and oxygen atoms in total. The van der Waals surface area contributed by atoms with E-state index < -0.39 is 24.0 Å². The Bertz CT molecular complexity index is 860. The van der Waals surface area contributed by atoms with Crippen LogP contribution in [0.2, 0.25) is 0 Å². The number of rotatable bonds is 15. The Balaban J connectivity index is 2.33. The molecule has 2 aromatic rings. The van der Waals surface area contributed by atoms with E-state index in [9.17, 15) is 19.8 Å². The Morgan fingerprint density at radius 1 is 0.735 bits per heavy atom. The topological polar surface area (TPSA) is 99.5 Å². The molecule has 2 aromatic carbocycles. The van der Waals surface area contributed by atoms with Crippen LogP contribution in [0.25, 0.3) is 0 Å². The van der Waals surface area contributed by atoms with Crippen molar-refractivity contribution in [1.29, 1.82) is 0 Å². The van der Waals surface area contributed by atoms with Gasteiger partial charge in [-0.2, -0.15) is 0 Å². The largest absolute Gasteiger partial charge is 0.497 e. The second kappa shape index (κ2) is 13.6. The lowest BCUT2D eigenvalue weighted by molar-refractivity contribution is -0.146. The third-order valence-corrected chi connectivity index (χ3v) is 5.71. The van der Waals surface area contributed by atoms with Gasteiger partial charge < -0.3 is 19.7 Å². The van der Waals surface area contributed by atoms with E-state index in [2.05, 4.69) is 0 Å². The van der Waals surface area contributed by atoms with Crippen LogP contribution in [0.5, 0.6) is 11.5 Å². The zero-order chi connectivity index (χ0) is 25.1. The number of carbonyl (C=O) groups is 2. The first-order valence-corrected chi connectivity index (χ1v) is 11.6. The van der Waals surface area contributed by atoms with E-state index in [-0.39, 0.29) is 0 Å². The lowest BCUT2D eigenvalue weighted by Crippen LogP contribution is -2.43. The number of ether oxygens (including phenoxy) is 2. The van der Waals surface area contributed by atoms with Crippen LogP contribution in [0.3, 0.4) is 0 Å². The average Bonchev–Trinajstić information content (AvgIpc) is 2.82. The Kier molecular flexibility index (Phi) is 10.8. The van der Waals surface area contributed by atoms with Crippen LogP contribution in [0.1, 0.15) is 49.9 Å². The van der Waals surface area contributed by atoms with Gasteiger partial charge in [0.15, 0.2) is 0 Å². The van der Waals surface area contributed by atoms with Gasteiger partial charge in [0.25, 0.3) is 0 Å². The zero-order valence-electron chi connectivity index (χ0n) is 20.4. The highest BCUT2D eigenvalue weighted by atomic mass is 16.5. The molecule has 186 valence electrons. The number of carboxylic acid groups (broad SMARTS) is 2. The number of carboxylic acids is 2. The molecule has 2 N–H and O–H groups in total. The maximum Gasteiger partial charge on any atom is 0.325 e. The van der Waals surface area contributed by atoms with Gasteiger partial charge in [-0.3, -0.25) is 19.4 Å². The van der Waals surface area contributed by atoms with Crippen LogP contribution in [0.4, 0.5) is 0 Å². The van der Waals surface area contributed by atoms with Gasteiger partial charge in [-0.25, -0.2) is 0 Å². The van der Waals surface area contributed by atoms with Gasteiger partial charge >= 0.3 is 11.9 Å². The molecule has 0 saturated heterocycles. The maximum atomic E-state index is 12.3. The summed E-state index contributed by atoms with van der Waals surface area (Å²) in [6.07, 6.45) is 1.53. The minimum Gasteiger partial charge on any atom is -0.497 e. The first kappa shape index (κ1) is 27.1. The van der Waals surface area contributed by atoms with Gasteiger partial charge in [0.1, 0.15) is 23.6 Å². The number of benzene rings is 2. The molecule has 2 atom stereocenters. The molecule has 0 amide bonds. The second-order valence-corrected chi connectivity index (χ2v) is 8.11. The molecular weight excluding hydrogens is 436 g/mol.